The van der Waals surface area contributed by atoms with Crippen LogP contribution in [-0.4, -0.2) is 29.1 Å². The van der Waals surface area contributed by atoms with E-state index in [1.165, 1.54) is 0 Å². The van der Waals surface area contributed by atoms with Gasteiger partial charge in [-0.1, -0.05) is 0 Å². The second-order valence-corrected chi connectivity index (χ2v) is 4.97. The Balaban J connectivity index is 2.21. The lowest BCUT2D eigenvalue weighted by molar-refractivity contribution is -0.142. The van der Waals surface area contributed by atoms with Gasteiger partial charge in [-0.3, -0.25) is 9.59 Å². The smallest absolute Gasteiger partial charge is 0.306 e. The highest BCUT2D eigenvalue weighted by molar-refractivity contribution is 5.76. The number of nitrogens with two attached hydrogens (primary N) is 1. The molecule has 0 aliphatic heterocycles. The normalized spacial score (nSPS) is 26.2. The lowest BCUT2D eigenvalue weighted by Crippen LogP contribution is -2.39. The quantitative estimate of drug-likeness (QED) is 0.667. The maximum atomic E-state index is 11.5. The van der Waals surface area contributed by atoms with Gasteiger partial charge in [0, 0.05) is 18.5 Å². The van der Waals surface area contributed by atoms with Crippen LogP contribution in [0.5, 0.6) is 0 Å². The third kappa shape index (κ3) is 5.17. The van der Waals surface area contributed by atoms with Gasteiger partial charge in [0.25, 0.3) is 0 Å². The first-order chi connectivity index (χ1) is 7.99. The summed E-state index contributed by atoms with van der Waals surface area (Å²) in [6, 6.07) is 0.190. The summed E-state index contributed by atoms with van der Waals surface area (Å²) in [5.41, 5.74) is 5.58. The number of amides is 1. The number of carbonyl (C=O) groups excluding carboxylic acids is 1. The minimum absolute atomic E-state index is 0.0288. The van der Waals surface area contributed by atoms with Crippen LogP contribution in [0.1, 0.15) is 45.4 Å². The van der Waals surface area contributed by atoms with Crippen molar-refractivity contribution in [2.45, 2.75) is 57.5 Å². The number of carbonyl (C=O) groups is 2. The topological polar surface area (TPSA) is 92.4 Å². The molecule has 1 saturated carbocycles. The molecule has 5 nitrogen and oxygen atoms in total. The van der Waals surface area contributed by atoms with E-state index in [0.29, 0.717) is 25.7 Å². The zero-order valence-electron chi connectivity index (χ0n) is 10.3. The molecule has 1 atom stereocenters. The highest BCUT2D eigenvalue weighted by atomic mass is 16.4. The zero-order valence-corrected chi connectivity index (χ0v) is 10.3. The fourth-order valence-corrected chi connectivity index (χ4v) is 2.14. The molecule has 0 bridgehead atoms. The zero-order chi connectivity index (χ0) is 12.8. The van der Waals surface area contributed by atoms with Crippen molar-refractivity contribution in [3.63, 3.8) is 0 Å². The second kappa shape index (κ2) is 6.59. The molecule has 1 aliphatic rings. The van der Waals surface area contributed by atoms with Gasteiger partial charge in [-0.15, -0.1) is 0 Å². The average molecular weight is 242 g/mol. The van der Waals surface area contributed by atoms with Crippen LogP contribution in [0.25, 0.3) is 0 Å². The molecule has 1 fully saturated rings. The van der Waals surface area contributed by atoms with Crippen molar-refractivity contribution in [2.24, 2.45) is 11.7 Å². The van der Waals surface area contributed by atoms with Crippen LogP contribution in [0.4, 0.5) is 0 Å². The third-order valence-electron chi connectivity index (χ3n) is 3.27. The lowest BCUT2D eigenvalue weighted by Gasteiger charge is -2.26. The minimum Gasteiger partial charge on any atom is -0.481 e. The van der Waals surface area contributed by atoms with Gasteiger partial charge in [0.05, 0.1) is 5.92 Å². The summed E-state index contributed by atoms with van der Waals surface area (Å²) in [7, 11) is 0. The van der Waals surface area contributed by atoms with Crippen LogP contribution in [-0.2, 0) is 9.59 Å². The predicted molar refractivity (Wildman–Crippen MR) is 64.4 cm³/mol. The van der Waals surface area contributed by atoms with Gasteiger partial charge in [0.15, 0.2) is 0 Å². The Morgan fingerprint density at radius 1 is 1.35 bits per heavy atom. The Labute approximate surface area is 102 Å². The Morgan fingerprint density at radius 2 is 1.94 bits per heavy atom. The van der Waals surface area contributed by atoms with Crippen LogP contribution >= 0.6 is 0 Å². The van der Waals surface area contributed by atoms with Crippen molar-refractivity contribution in [3.8, 4) is 0 Å². The second-order valence-electron chi connectivity index (χ2n) is 4.97. The first kappa shape index (κ1) is 14.0. The number of rotatable bonds is 5. The minimum atomic E-state index is -0.716. The average Bonchev–Trinajstić information content (AvgIpc) is 2.27. The van der Waals surface area contributed by atoms with Crippen LogP contribution in [0.15, 0.2) is 0 Å². The third-order valence-corrected chi connectivity index (χ3v) is 3.27. The van der Waals surface area contributed by atoms with Crippen molar-refractivity contribution < 1.29 is 14.7 Å². The van der Waals surface area contributed by atoms with E-state index in [4.69, 9.17) is 10.8 Å². The van der Waals surface area contributed by atoms with Crippen LogP contribution in [0.2, 0.25) is 0 Å². The molecule has 0 saturated heterocycles. The summed E-state index contributed by atoms with van der Waals surface area (Å²) in [6.45, 7) is 1.88. The van der Waals surface area contributed by atoms with Crippen molar-refractivity contribution in [3.05, 3.63) is 0 Å². The monoisotopic (exact) mass is 242 g/mol. The summed E-state index contributed by atoms with van der Waals surface area (Å²) in [5, 5.41) is 11.8. The van der Waals surface area contributed by atoms with E-state index in [0.717, 1.165) is 12.8 Å². The van der Waals surface area contributed by atoms with Crippen molar-refractivity contribution in [2.75, 3.05) is 0 Å². The Hall–Kier alpha value is -1.10. The van der Waals surface area contributed by atoms with Crippen molar-refractivity contribution in [1.82, 2.24) is 5.32 Å². The maximum absolute atomic E-state index is 11.5. The van der Waals surface area contributed by atoms with Crippen LogP contribution in [0, 0.1) is 5.92 Å². The van der Waals surface area contributed by atoms with Gasteiger partial charge in [0.2, 0.25) is 5.91 Å². The number of carboxylic acid groups (broad SMARTS) is 1. The molecule has 0 aromatic rings. The summed E-state index contributed by atoms with van der Waals surface area (Å²) in [4.78, 5) is 22.3. The number of hydrogen-bond donors (Lipinski definition) is 3. The molecule has 1 unspecified atom stereocenters. The maximum Gasteiger partial charge on any atom is 0.306 e. The van der Waals surface area contributed by atoms with E-state index < -0.39 is 5.97 Å². The van der Waals surface area contributed by atoms with Gasteiger partial charge in [-0.2, -0.15) is 0 Å². The number of aliphatic carboxylic acids is 1. The van der Waals surface area contributed by atoms with Gasteiger partial charge in [-0.05, 0) is 39.0 Å². The molecule has 17 heavy (non-hydrogen) atoms. The molecule has 0 aromatic heterocycles. The molecule has 98 valence electrons. The lowest BCUT2D eigenvalue weighted by atomic mass is 9.86. The molecule has 0 radical (unpaired) electrons. The Bertz CT molecular complexity index is 271. The number of nitrogens with one attached hydrogen (secondary N) is 1. The molecule has 0 aromatic carbocycles. The largest absolute Gasteiger partial charge is 0.481 e. The van der Waals surface area contributed by atoms with Crippen molar-refractivity contribution >= 4 is 11.9 Å². The highest BCUT2D eigenvalue weighted by Gasteiger charge is 2.26. The molecular formula is C12H22N2O3. The van der Waals surface area contributed by atoms with Gasteiger partial charge >= 0.3 is 5.97 Å². The standard InChI is InChI=1S/C12H22N2O3/c1-8(13)2-7-11(15)14-10-5-3-9(4-6-10)12(16)17/h8-10H,2-7,13H2,1H3,(H,14,15)(H,16,17). The summed E-state index contributed by atoms with van der Waals surface area (Å²) < 4.78 is 0. The molecule has 0 spiro atoms. The van der Waals surface area contributed by atoms with Gasteiger partial charge < -0.3 is 16.2 Å². The molecule has 4 N–H and O–H groups in total. The van der Waals surface area contributed by atoms with E-state index in [1.807, 2.05) is 6.92 Å². The summed E-state index contributed by atoms with van der Waals surface area (Å²) >= 11 is 0. The molecule has 0 heterocycles. The van der Waals surface area contributed by atoms with E-state index >= 15 is 0 Å². The first-order valence-corrected chi connectivity index (χ1v) is 6.26. The summed E-state index contributed by atoms with van der Waals surface area (Å²) in [6.07, 6.45) is 4.00. The van der Waals surface area contributed by atoms with E-state index in [1.54, 1.807) is 0 Å². The summed E-state index contributed by atoms with van der Waals surface area (Å²) in [5.74, 6) is -0.917. The predicted octanol–water partition coefficient (Wildman–Crippen LogP) is 0.873. The van der Waals surface area contributed by atoms with Crippen LogP contribution < -0.4 is 11.1 Å². The molecule has 1 amide bonds. The molecule has 1 aliphatic carbocycles. The van der Waals surface area contributed by atoms with Gasteiger partial charge in [0.1, 0.15) is 0 Å². The van der Waals surface area contributed by atoms with Crippen LogP contribution in [0.3, 0.4) is 0 Å². The number of hydrogen-bond acceptors (Lipinski definition) is 3. The Kier molecular flexibility index (Phi) is 5.41. The molecule has 1 rings (SSSR count). The van der Waals surface area contributed by atoms with E-state index in [2.05, 4.69) is 5.32 Å². The molecule has 5 heteroatoms. The first-order valence-electron chi connectivity index (χ1n) is 6.26. The van der Waals surface area contributed by atoms with Crippen molar-refractivity contribution in [1.29, 1.82) is 0 Å². The fourth-order valence-electron chi connectivity index (χ4n) is 2.14. The Morgan fingerprint density at radius 3 is 2.41 bits per heavy atom. The SMILES string of the molecule is CC(N)CCC(=O)NC1CCC(C(=O)O)CC1. The highest BCUT2D eigenvalue weighted by Crippen LogP contribution is 2.24. The van der Waals surface area contributed by atoms with Gasteiger partial charge in [-0.25, -0.2) is 0 Å². The molecular weight excluding hydrogens is 220 g/mol. The number of carboxylic acids is 1. The van der Waals surface area contributed by atoms with E-state index in [-0.39, 0.29) is 23.9 Å². The fraction of sp³-hybridized carbons (Fsp3) is 0.833. The van der Waals surface area contributed by atoms with E-state index in [9.17, 15) is 9.59 Å².